The normalized spacial score (nSPS) is 16.4. The van der Waals surface area contributed by atoms with Crippen molar-refractivity contribution in [1.82, 2.24) is 19.4 Å². The van der Waals surface area contributed by atoms with Crippen molar-refractivity contribution in [2.45, 2.75) is 32.4 Å². The van der Waals surface area contributed by atoms with Crippen molar-refractivity contribution in [3.05, 3.63) is 42.1 Å². The maximum Gasteiger partial charge on any atom is 0.204 e. The molecule has 0 radical (unpaired) electrons. The Hall–Kier alpha value is -2.38. The fourth-order valence-electron chi connectivity index (χ4n) is 3.64. The number of aromatic nitrogens is 3. The molecule has 4 rings (SSSR count). The molecular weight excluding hydrogens is 328 g/mol. The van der Waals surface area contributed by atoms with Gasteiger partial charge in [-0.2, -0.15) is 0 Å². The molecule has 138 valence electrons. The fourth-order valence-corrected chi connectivity index (χ4v) is 3.64. The quantitative estimate of drug-likeness (QED) is 0.706. The molecule has 1 fully saturated rings. The third-order valence-electron chi connectivity index (χ3n) is 5.17. The molecule has 0 saturated carbocycles. The summed E-state index contributed by atoms with van der Waals surface area (Å²) in [5.41, 5.74) is 8.72. The first-order chi connectivity index (χ1) is 12.7. The first-order valence-corrected chi connectivity index (χ1v) is 9.28. The smallest absolute Gasteiger partial charge is 0.204 e. The molecule has 1 saturated heterocycles. The van der Waals surface area contributed by atoms with E-state index in [0.717, 1.165) is 67.5 Å². The Morgan fingerprint density at radius 3 is 2.81 bits per heavy atom. The van der Waals surface area contributed by atoms with Crippen LogP contribution in [-0.2, 0) is 6.54 Å². The molecule has 1 aliphatic rings. The number of imidazole rings is 1. The third kappa shape index (κ3) is 3.45. The van der Waals surface area contributed by atoms with Crippen LogP contribution in [0.15, 0.2) is 35.1 Å². The Labute approximate surface area is 153 Å². The number of likely N-dealkylation sites (tertiary alicyclic amines) is 1. The molecule has 7 nitrogen and oxygen atoms in total. The SMILES string of the molecule is Cc1ocnc1Cn1c(NC2CCN(CCN)CC2)nc2ccccc21. The number of anilines is 1. The highest BCUT2D eigenvalue weighted by atomic mass is 16.3. The molecule has 26 heavy (non-hydrogen) atoms. The maximum atomic E-state index is 5.67. The van der Waals surface area contributed by atoms with Crippen LogP contribution in [0.2, 0.25) is 0 Å². The Kier molecular flexibility index (Phi) is 4.90. The molecule has 2 aromatic heterocycles. The standard InChI is InChI=1S/C19H26N6O/c1-14-17(21-13-26-14)12-25-18-5-3-2-4-16(18)23-19(25)22-15-6-9-24(10-7-15)11-8-20/h2-5,13,15H,6-12,20H2,1H3,(H,22,23). The molecule has 3 N–H and O–H groups in total. The molecule has 0 unspecified atom stereocenters. The van der Waals surface area contributed by atoms with E-state index < -0.39 is 0 Å². The van der Waals surface area contributed by atoms with E-state index in [0.29, 0.717) is 12.6 Å². The molecule has 0 bridgehead atoms. The summed E-state index contributed by atoms with van der Waals surface area (Å²) in [4.78, 5) is 11.6. The van der Waals surface area contributed by atoms with E-state index in [1.807, 2.05) is 19.1 Å². The van der Waals surface area contributed by atoms with Crippen LogP contribution < -0.4 is 11.1 Å². The minimum absolute atomic E-state index is 0.429. The van der Waals surface area contributed by atoms with Gasteiger partial charge < -0.3 is 24.9 Å². The van der Waals surface area contributed by atoms with Crippen molar-refractivity contribution in [2.75, 3.05) is 31.5 Å². The Morgan fingerprint density at radius 1 is 1.27 bits per heavy atom. The van der Waals surface area contributed by atoms with E-state index in [1.54, 1.807) is 0 Å². The monoisotopic (exact) mass is 354 g/mol. The van der Waals surface area contributed by atoms with Crippen molar-refractivity contribution in [2.24, 2.45) is 5.73 Å². The number of hydrogen-bond acceptors (Lipinski definition) is 6. The van der Waals surface area contributed by atoms with Gasteiger partial charge in [-0.1, -0.05) is 12.1 Å². The topological polar surface area (TPSA) is 85.1 Å². The van der Waals surface area contributed by atoms with Crippen molar-refractivity contribution in [3.63, 3.8) is 0 Å². The number of benzene rings is 1. The second kappa shape index (κ2) is 7.47. The number of hydrogen-bond donors (Lipinski definition) is 2. The Morgan fingerprint density at radius 2 is 2.08 bits per heavy atom. The molecule has 3 heterocycles. The van der Waals surface area contributed by atoms with Gasteiger partial charge in [-0.3, -0.25) is 0 Å². The van der Waals surface area contributed by atoms with E-state index >= 15 is 0 Å². The fraction of sp³-hybridized carbons (Fsp3) is 0.474. The number of nitrogens with two attached hydrogens (primary N) is 1. The number of fused-ring (bicyclic) bond motifs is 1. The van der Waals surface area contributed by atoms with Crippen LogP contribution in [0.4, 0.5) is 5.95 Å². The highest BCUT2D eigenvalue weighted by Crippen LogP contribution is 2.24. The predicted octanol–water partition coefficient (Wildman–Crippen LogP) is 2.22. The lowest BCUT2D eigenvalue weighted by molar-refractivity contribution is 0.224. The van der Waals surface area contributed by atoms with Gasteiger partial charge in [0.1, 0.15) is 11.5 Å². The van der Waals surface area contributed by atoms with Crippen LogP contribution in [0.3, 0.4) is 0 Å². The maximum absolute atomic E-state index is 5.67. The number of nitrogens with zero attached hydrogens (tertiary/aromatic N) is 4. The average Bonchev–Trinajstić information content (AvgIpc) is 3.21. The minimum atomic E-state index is 0.429. The summed E-state index contributed by atoms with van der Waals surface area (Å²) in [6, 6.07) is 8.66. The van der Waals surface area contributed by atoms with Gasteiger partial charge in [0, 0.05) is 32.2 Å². The lowest BCUT2D eigenvalue weighted by Crippen LogP contribution is -2.41. The van der Waals surface area contributed by atoms with Crippen LogP contribution in [0, 0.1) is 6.92 Å². The van der Waals surface area contributed by atoms with Gasteiger partial charge in [-0.25, -0.2) is 9.97 Å². The molecule has 0 amide bonds. The first kappa shape index (κ1) is 17.1. The number of para-hydroxylation sites is 2. The lowest BCUT2D eigenvalue weighted by atomic mass is 10.1. The third-order valence-corrected chi connectivity index (χ3v) is 5.17. The number of rotatable bonds is 6. The molecule has 1 aliphatic heterocycles. The summed E-state index contributed by atoms with van der Waals surface area (Å²) in [6.45, 7) is 6.47. The van der Waals surface area contributed by atoms with Crippen molar-refractivity contribution in [3.8, 4) is 0 Å². The molecule has 0 spiro atoms. The largest absolute Gasteiger partial charge is 0.448 e. The van der Waals surface area contributed by atoms with Crippen LogP contribution in [0.25, 0.3) is 11.0 Å². The summed E-state index contributed by atoms with van der Waals surface area (Å²) < 4.78 is 7.57. The summed E-state index contributed by atoms with van der Waals surface area (Å²) >= 11 is 0. The zero-order valence-electron chi connectivity index (χ0n) is 15.2. The van der Waals surface area contributed by atoms with Crippen LogP contribution in [0.1, 0.15) is 24.3 Å². The van der Waals surface area contributed by atoms with Crippen LogP contribution in [0.5, 0.6) is 0 Å². The van der Waals surface area contributed by atoms with E-state index in [2.05, 4.69) is 31.9 Å². The van der Waals surface area contributed by atoms with Crippen molar-refractivity contribution >= 4 is 17.0 Å². The van der Waals surface area contributed by atoms with Gasteiger partial charge in [-0.15, -0.1) is 0 Å². The lowest BCUT2D eigenvalue weighted by Gasteiger charge is -2.32. The second-order valence-corrected chi connectivity index (χ2v) is 6.91. The van der Waals surface area contributed by atoms with Crippen molar-refractivity contribution < 1.29 is 4.42 Å². The van der Waals surface area contributed by atoms with E-state index in [-0.39, 0.29) is 0 Å². The molecule has 3 aromatic rings. The first-order valence-electron chi connectivity index (χ1n) is 9.28. The minimum Gasteiger partial charge on any atom is -0.448 e. The van der Waals surface area contributed by atoms with Gasteiger partial charge in [0.25, 0.3) is 0 Å². The van der Waals surface area contributed by atoms with Gasteiger partial charge in [0.15, 0.2) is 6.39 Å². The van der Waals surface area contributed by atoms with Gasteiger partial charge in [0.2, 0.25) is 5.95 Å². The van der Waals surface area contributed by atoms with Crippen LogP contribution in [-0.4, -0.2) is 51.7 Å². The zero-order chi connectivity index (χ0) is 17.9. The number of aryl methyl sites for hydroxylation is 1. The number of oxazole rings is 1. The second-order valence-electron chi connectivity index (χ2n) is 6.91. The summed E-state index contributed by atoms with van der Waals surface area (Å²) in [5, 5.41) is 3.67. The molecule has 0 aliphatic carbocycles. The van der Waals surface area contributed by atoms with Gasteiger partial charge in [-0.05, 0) is 31.9 Å². The molecule has 7 heteroatoms. The van der Waals surface area contributed by atoms with E-state index in [1.165, 1.54) is 6.39 Å². The molecular formula is C19H26N6O. The Bertz CT molecular complexity index is 862. The summed E-state index contributed by atoms with van der Waals surface area (Å²) in [7, 11) is 0. The van der Waals surface area contributed by atoms with E-state index in [9.17, 15) is 0 Å². The predicted molar refractivity (Wildman–Crippen MR) is 102 cm³/mol. The highest BCUT2D eigenvalue weighted by molar-refractivity contribution is 5.78. The van der Waals surface area contributed by atoms with Gasteiger partial charge in [0.05, 0.1) is 17.6 Å². The average molecular weight is 354 g/mol. The van der Waals surface area contributed by atoms with E-state index in [4.69, 9.17) is 15.1 Å². The summed E-state index contributed by atoms with van der Waals surface area (Å²) in [5.74, 6) is 1.76. The zero-order valence-corrected chi connectivity index (χ0v) is 15.2. The van der Waals surface area contributed by atoms with Crippen molar-refractivity contribution in [1.29, 1.82) is 0 Å². The number of nitrogens with one attached hydrogen (secondary N) is 1. The molecule has 0 atom stereocenters. The summed E-state index contributed by atoms with van der Waals surface area (Å²) in [6.07, 6.45) is 3.71. The van der Waals surface area contributed by atoms with Crippen LogP contribution >= 0.6 is 0 Å². The highest BCUT2D eigenvalue weighted by Gasteiger charge is 2.21. The molecule has 1 aromatic carbocycles. The number of piperidine rings is 1. The Balaban J connectivity index is 1.56. The van der Waals surface area contributed by atoms with Gasteiger partial charge >= 0.3 is 0 Å².